The highest BCUT2D eigenvalue weighted by atomic mass is 14.9. The predicted molar refractivity (Wildman–Crippen MR) is 79.8 cm³/mol. The molecule has 0 bridgehead atoms. The summed E-state index contributed by atoms with van der Waals surface area (Å²) in [6.07, 6.45) is 15.9. The van der Waals surface area contributed by atoms with Crippen molar-refractivity contribution in [3.05, 3.63) is 35.7 Å². The average Bonchev–Trinajstić information content (AvgIpc) is 3.30. The number of aromatic nitrogens is 1. The summed E-state index contributed by atoms with van der Waals surface area (Å²) in [5, 5.41) is 3.69. The van der Waals surface area contributed by atoms with Crippen molar-refractivity contribution in [1.29, 1.82) is 0 Å². The number of nitrogens with one attached hydrogen (secondary N) is 1. The minimum atomic E-state index is 0.796. The molecule has 1 N–H and O–H groups in total. The number of rotatable bonds is 5. The van der Waals surface area contributed by atoms with Crippen molar-refractivity contribution < 1.29 is 0 Å². The Labute approximate surface area is 116 Å². The van der Waals surface area contributed by atoms with Gasteiger partial charge in [0.15, 0.2) is 0 Å². The van der Waals surface area contributed by atoms with Crippen LogP contribution in [0.3, 0.4) is 0 Å². The van der Waals surface area contributed by atoms with Gasteiger partial charge in [-0.25, -0.2) is 0 Å². The van der Waals surface area contributed by atoms with Crippen molar-refractivity contribution in [1.82, 2.24) is 10.3 Å². The third-order valence-electron chi connectivity index (χ3n) is 4.36. The Morgan fingerprint density at radius 3 is 2.53 bits per heavy atom. The standard InChI is InChI=1S/C17H24N2/c1-2-4-15(5-3-1)16(13-19-17-6-7-17)12-14-8-10-18-11-9-14/h8-12,15,17,19H,1-7,13H2. The molecule has 1 heterocycles. The van der Waals surface area contributed by atoms with Gasteiger partial charge in [-0.15, -0.1) is 0 Å². The third kappa shape index (κ3) is 3.90. The number of hydrogen-bond acceptors (Lipinski definition) is 2. The molecule has 2 saturated carbocycles. The Bertz CT molecular complexity index is 414. The summed E-state index contributed by atoms with van der Waals surface area (Å²) in [5.74, 6) is 0.799. The summed E-state index contributed by atoms with van der Waals surface area (Å²) < 4.78 is 0. The molecule has 0 saturated heterocycles. The van der Waals surface area contributed by atoms with E-state index in [9.17, 15) is 0 Å². The SMILES string of the molecule is C(=C(CNC1CC1)C1CCCCC1)c1ccncc1. The first-order valence-electron chi connectivity index (χ1n) is 7.76. The van der Waals surface area contributed by atoms with E-state index >= 15 is 0 Å². The molecule has 1 aromatic heterocycles. The highest BCUT2D eigenvalue weighted by molar-refractivity contribution is 5.53. The smallest absolute Gasteiger partial charge is 0.0273 e. The maximum atomic E-state index is 4.10. The molecule has 2 aliphatic rings. The molecule has 0 aromatic carbocycles. The summed E-state index contributed by atoms with van der Waals surface area (Å²) >= 11 is 0. The monoisotopic (exact) mass is 256 g/mol. The van der Waals surface area contributed by atoms with Gasteiger partial charge in [0.2, 0.25) is 0 Å². The molecular weight excluding hydrogens is 232 g/mol. The predicted octanol–water partition coefficient (Wildman–Crippen LogP) is 3.80. The Morgan fingerprint density at radius 2 is 1.84 bits per heavy atom. The zero-order chi connectivity index (χ0) is 12.9. The van der Waals surface area contributed by atoms with Crippen molar-refractivity contribution in [2.24, 2.45) is 5.92 Å². The second kappa shape index (κ2) is 6.33. The fraction of sp³-hybridized carbons (Fsp3) is 0.588. The second-order valence-electron chi connectivity index (χ2n) is 5.99. The molecule has 1 aromatic rings. The molecule has 0 amide bonds. The summed E-state index contributed by atoms with van der Waals surface area (Å²) in [5.41, 5.74) is 2.91. The van der Waals surface area contributed by atoms with Gasteiger partial charge in [-0.1, -0.05) is 30.9 Å². The molecule has 0 unspecified atom stereocenters. The molecule has 2 fully saturated rings. The number of pyridine rings is 1. The van der Waals surface area contributed by atoms with Gasteiger partial charge in [-0.2, -0.15) is 0 Å². The highest BCUT2D eigenvalue weighted by Crippen LogP contribution is 2.31. The van der Waals surface area contributed by atoms with Crippen LogP contribution in [0.1, 0.15) is 50.5 Å². The normalized spacial score (nSPS) is 21.6. The van der Waals surface area contributed by atoms with E-state index in [4.69, 9.17) is 0 Å². The molecule has 2 nitrogen and oxygen atoms in total. The Kier molecular flexibility index (Phi) is 4.29. The zero-order valence-corrected chi connectivity index (χ0v) is 11.6. The first kappa shape index (κ1) is 12.9. The molecule has 0 aliphatic heterocycles. The maximum absolute atomic E-state index is 4.10. The van der Waals surface area contributed by atoms with E-state index in [1.165, 1.54) is 50.5 Å². The van der Waals surface area contributed by atoms with Gasteiger partial charge in [0, 0.05) is 25.0 Å². The maximum Gasteiger partial charge on any atom is 0.0273 e. The zero-order valence-electron chi connectivity index (χ0n) is 11.6. The summed E-state index contributed by atoms with van der Waals surface area (Å²) in [6, 6.07) is 5.02. The van der Waals surface area contributed by atoms with Gasteiger partial charge in [0.25, 0.3) is 0 Å². The molecule has 0 atom stereocenters. The van der Waals surface area contributed by atoms with Gasteiger partial charge >= 0.3 is 0 Å². The molecule has 0 spiro atoms. The van der Waals surface area contributed by atoms with Crippen LogP contribution in [0.4, 0.5) is 0 Å². The largest absolute Gasteiger partial charge is 0.310 e. The minimum Gasteiger partial charge on any atom is -0.310 e. The lowest BCUT2D eigenvalue weighted by atomic mass is 9.83. The van der Waals surface area contributed by atoms with Crippen LogP contribution < -0.4 is 5.32 Å². The van der Waals surface area contributed by atoms with E-state index in [-0.39, 0.29) is 0 Å². The van der Waals surface area contributed by atoms with Crippen LogP contribution in [0, 0.1) is 5.92 Å². The van der Waals surface area contributed by atoms with E-state index in [2.05, 4.69) is 28.5 Å². The van der Waals surface area contributed by atoms with Gasteiger partial charge in [-0.3, -0.25) is 4.98 Å². The van der Waals surface area contributed by atoms with E-state index in [0.29, 0.717) is 0 Å². The Balaban J connectivity index is 1.71. The van der Waals surface area contributed by atoms with Crippen LogP contribution in [0.15, 0.2) is 30.1 Å². The molecule has 3 rings (SSSR count). The Morgan fingerprint density at radius 1 is 1.11 bits per heavy atom. The first-order chi connectivity index (χ1) is 9.42. The molecule has 102 valence electrons. The highest BCUT2D eigenvalue weighted by Gasteiger charge is 2.23. The summed E-state index contributed by atoms with van der Waals surface area (Å²) in [4.78, 5) is 4.10. The summed E-state index contributed by atoms with van der Waals surface area (Å²) in [6.45, 7) is 1.08. The summed E-state index contributed by atoms with van der Waals surface area (Å²) in [7, 11) is 0. The van der Waals surface area contributed by atoms with E-state index in [1.54, 1.807) is 5.57 Å². The fourth-order valence-electron chi connectivity index (χ4n) is 3.01. The lowest BCUT2D eigenvalue weighted by Gasteiger charge is -2.25. The quantitative estimate of drug-likeness (QED) is 0.867. The fourth-order valence-corrected chi connectivity index (χ4v) is 3.01. The van der Waals surface area contributed by atoms with Crippen molar-refractivity contribution in [3.8, 4) is 0 Å². The number of hydrogen-bond donors (Lipinski definition) is 1. The van der Waals surface area contributed by atoms with E-state index in [0.717, 1.165) is 18.5 Å². The minimum absolute atomic E-state index is 0.796. The van der Waals surface area contributed by atoms with Gasteiger partial charge in [0.05, 0.1) is 0 Å². The van der Waals surface area contributed by atoms with Crippen LogP contribution in [0.2, 0.25) is 0 Å². The average molecular weight is 256 g/mol. The van der Waals surface area contributed by atoms with E-state index in [1.807, 2.05) is 12.4 Å². The lowest BCUT2D eigenvalue weighted by molar-refractivity contribution is 0.396. The van der Waals surface area contributed by atoms with Crippen LogP contribution in [-0.4, -0.2) is 17.6 Å². The van der Waals surface area contributed by atoms with Crippen molar-refractivity contribution in [3.63, 3.8) is 0 Å². The molecule has 0 radical (unpaired) electrons. The van der Waals surface area contributed by atoms with E-state index < -0.39 is 0 Å². The molecule has 2 aliphatic carbocycles. The van der Waals surface area contributed by atoms with Gasteiger partial charge in [0.1, 0.15) is 0 Å². The second-order valence-corrected chi connectivity index (χ2v) is 5.99. The molecular formula is C17H24N2. The van der Waals surface area contributed by atoms with Crippen molar-refractivity contribution in [2.75, 3.05) is 6.54 Å². The van der Waals surface area contributed by atoms with Crippen LogP contribution in [0.5, 0.6) is 0 Å². The van der Waals surface area contributed by atoms with Gasteiger partial charge in [-0.05, 0) is 49.3 Å². The molecule has 2 heteroatoms. The van der Waals surface area contributed by atoms with Gasteiger partial charge < -0.3 is 5.32 Å². The lowest BCUT2D eigenvalue weighted by Crippen LogP contribution is -2.24. The third-order valence-corrected chi connectivity index (χ3v) is 4.36. The number of nitrogens with zero attached hydrogens (tertiary/aromatic N) is 1. The molecule has 19 heavy (non-hydrogen) atoms. The van der Waals surface area contributed by atoms with Crippen molar-refractivity contribution >= 4 is 6.08 Å². The Hall–Kier alpha value is -1.15. The van der Waals surface area contributed by atoms with Crippen molar-refractivity contribution in [2.45, 2.75) is 51.0 Å². The van der Waals surface area contributed by atoms with Crippen LogP contribution in [0.25, 0.3) is 6.08 Å². The first-order valence-corrected chi connectivity index (χ1v) is 7.76. The van der Waals surface area contributed by atoms with Crippen LogP contribution in [-0.2, 0) is 0 Å². The topological polar surface area (TPSA) is 24.9 Å². The van der Waals surface area contributed by atoms with Crippen LogP contribution >= 0.6 is 0 Å².